The molecule has 1 fully saturated rings. The third-order valence-corrected chi connectivity index (χ3v) is 3.32. The van der Waals surface area contributed by atoms with Gasteiger partial charge in [-0.2, -0.15) is 0 Å². The molecule has 9 nitrogen and oxygen atoms in total. The lowest BCUT2D eigenvalue weighted by atomic mass is 10.0. The van der Waals surface area contributed by atoms with Gasteiger partial charge >= 0.3 is 12.0 Å². The number of aliphatic carboxylic acids is 1. The molecule has 0 aromatic heterocycles. The number of nitro groups is 1. The summed E-state index contributed by atoms with van der Waals surface area (Å²) in [6, 6.07) is 4.95. The van der Waals surface area contributed by atoms with Gasteiger partial charge in [-0.05, 0) is 12.5 Å². The first-order chi connectivity index (χ1) is 9.82. The van der Waals surface area contributed by atoms with Crippen LogP contribution in [-0.2, 0) is 4.79 Å². The number of benzene rings is 1. The molecule has 2 rings (SSSR count). The van der Waals surface area contributed by atoms with E-state index in [4.69, 9.17) is 10.8 Å². The summed E-state index contributed by atoms with van der Waals surface area (Å²) in [6.07, 6.45) is 0.157. The smallest absolute Gasteiger partial charge is 0.325 e. The third kappa shape index (κ3) is 3.08. The first kappa shape index (κ1) is 14.7. The summed E-state index contributed by atoms with van der Waals surface area (Å²) in [4.78, 5) is 34.4. The molecule has 0 spiro atoms. The van der Waals surface area contributed by atoms with Crippen molar-refractivity contribution in [3.8, 4) is 0 Å². The van der Waals surface area contributed by atoms with Gasteiger partial charge in [0.2, 0.25) is 0 Å². The standard InChI is InChI=1S/C12H14N4O5/c13-12(10(17)18)4-5-15(7-12)11(19)14-8-2-1-3-9(6-8)16(20)21/h1-3,6H,4-5,7,13H2,(H,14,19)(H,17,18). The van der Waals surface area contributed by atoms with Gasteiger partial charge in [-0.25, -0.2) is 4.79 Å². The topological polar surface area (TPSA) is 139 Å². The summed E-state index contributed by atoms with van der Waals surface area (Å²) in [5.74, 6) is -1.16. The number of hydrogen-bond acceptors (Lipinski definition) is 5. The number of nitrogens with one attached hydrogen (secondary N) is 1. The van der Waals surface area contributed by atoms with Crippen LogP contribution in [-0.4, -0.2) is 45.6 Å². The largest absolute Gasteiger partial charge is 0.480 e. The normalized spacial score (nSPS) is 21.1. The number of carbonyl (C=O) groups excluding carboxylic acids is 1. The number of non-ortho nitro benzene ring substituents is 1. The number of hydrogen-bond donors (Lipinski definition) is 3. The van der Waals surface area contributed by atoms with Crippen LogP contribution < -0.4 is 11.1 Å². The average Bonchev–Trinajstić information content (AvgIpc) is 2.83. The average molecular weight is 294 g/mol. The van der Waals surface area contributed by atoms with Crippen LogP contribution in [0.3, 0.4) is 0 Å². The Labute approximate surface area is 119 Å². The van der Waals surface area contributed by atoms with E-state index in [-0.39, 0.29) is 30.9 Å². The number of carboxylic acid groups (broad SMARTS) is 1. The molecule has 4 N–H and O–H groups in total. The van der Waals surface area contributed by atoms with E-state index >= 15 is 0 Å². The van der Waals surface area contributed by atoms with E-state index in [1.807, 2.05) is 0 Å². The number of urea groups is 1. The molecule has 1 aromatic carbocycles. The van der Waals surface area contributed by atoms with Gasteiger partial charge in [-0.3, -0.25) is 14.9 Å². The highest BCUT2D eigenvalue weighted by molar-refractivity contribution is 5.91. The quantitative estimate of drug-likeness (QED) is 0.551. The number of likely N-dealkylation sites (tertiary alicyclic amines) is 1. The van der Waals surface area contributed by atoms with Crippen LogP contribution in [0.5, 0.6) is 0 Å². The zero-order valence-electron chi connectivity index (χ0n) is 11.0. The Morgan fingerprint density at radius 3 is 2.76 bits per heavy atom. The zero-order chi connectivity index (χ0) is 15.6. The van der Waals surface area contributed by atoms with Crippen LogP contribution in [0.4, 0.5) is 16.2 Å². The Kier molecular flexibility index (Phi) is 3.76. The van der Waals surface area contributed by atoms with Gasteiger partial charge in [0, 0.05) is 24.4 Å². The Bertz CT molecular complexity index is 605. The highest BCUT2D eigenvalue weighted by Gasteiger charge is 2.43. The van der Waals surface area contributed by atoms with Crippen molar-refractivity contribution in [2.45, 2.75) is 12.0 Å². The van der Waals surface area contributed by atoms with Crippen LogP contribution in [0, 0.1) is 10.1 Å². The number of amides is 2. The lowest BCUT2D eigenvalue weighted by Crippen LogP contribution is -2.51. The molecule has 112 valence electrons. The number of carbonyl (C=O) groups is 2. The third-order valence-electron chi connectivity index (χ3n) is 3.32. The highest BCUT2D eigenvalue weighted by Crippen LogP contribution is 2.21. The zero-order valence-corrected chi connectivity index (χ0v) is 11.0. The summed E-state index contributed by atoms with van der Waals surface area (Å²) >= 11 is 0. The number of rotatable bonds is 3. The SMILES string of the molecule is NC1(C(=O)O)CCN(C(=O)Nc2cccc([N+](=O)[O-])c2)C1. The second-order valence-corrected chi connectivity index (χ2v) is 4.87. The van der Waals surface area contributed by atoms with Crippen molar-refractivity contribution < 1.29 is 19.6 Å². The van der Waals surface area contributed by atoms with Crippen molar-refractivity contribution in [1.29, 1.82) is 0 Å². The number of nitrogens with zero attached hydrogens (tertiary/aromatic N) is 2. The maximum absolute atomic E-state index is 12.0. The lowest BCUT2D eigenvalue weighted by Gasteiger charge is -2.20. The van der Waals surface area contributed by atoms with Crippen LogP contribution in [0.15, 0.2) is 24.3 Å². The van der Waals surface area contributed by atoms with E-state index in [1.165, 1.54) is 29.2 Å². The van der Waals surface area contributed by atoms with Gasteiger partial charge in [0.25, 0.3) is 5.69 Å². The summed E-state index contributed by atoms with van der Waals surface area (Å²) in [5.41, 5.74) is 4.35. The second-order valence-electron chi connectivity index (χ2n) is 4.87. The molecule has 1 atom stereocenters. The minimum absolute atomic E-state index is 0.108. The lowest BCUT2D eigenvalue weighted by molar-refractivity contribution is -0.384. The fraction of sp³-hybridized carbons (Fsp3) is 0.333. The van der Waals surface area contributed by atoms with Crippen molar-refractivity contribution in [2.75, 3.05) is 18.4 Å². The molecule has 0 radical (unpaired) electrons. The van der Waals surface area contributed by atoms with Gasteiger partial charge in [0.15, 0.2) is 0 Å². The molecule has 1 aliphatic rings. The summed E-state index contributed by atoms with van der Waals surface area (Å²) in [6.45, 7) is 0.104. The molecule has 0 bridgehead atoms. The molecule has 1 saturated heterocycles. The molecule has 0 saturated carbocycles. The van der Waals surface area contributed by atoms with E-state index in [2.05, 4.69) is 5.32 Å². The fourth-order valence-electron chi connectivity index (χ4n) is 2.08. The van der Waals surface area contributed by atoms with Crippen LogP contribution in [0.2, 0.25) is 0 Å². The van der Waals surface area contributed by atoms with Crippen molar-refractivity contribution in [2.24, 2.45) is 5.73 Å². The first-order valence-electron chi connectivity index (χ1n) is 6.14. The van der Waals surface area contributed by atoms with Gasteiger partial charge in [0.05, 0.1) is 11.5 Å². The number of nitrogens with two attached hydrogens (primary N) is 1. The molecule has 1 aromatic rings. The fourth-order valence-corrected chi connectivity index (χ4v) is 2.08. The molecule has 2 amide bonds. The molecular weight excluding hydrogens is 280 g/mol. The van der Waals surface area contributed by atoms with E-state index in [0.29, 0.717) is 0 Å². The van der Waals surface area contributed by atoms with E-state index in [9.17, 15) is 19.7 Å². The molecule has 9 heteroatoms. The second kappa shape index (κ2) is 5.37. The van der Waals surface area contributed by atoms with Crippen molar-refractivity contribution >= 4 is 23.4 Å². The van der Waals surface area contributed by atoms with E-state index in [0.717, 1.165) is 0 Å². The Balaban J connectivity index is 2.04. The van der Waals surface area contributed by atoms with Crippen LogP contribution in [0.1, 0.15) is 6.42 Å². The first-order valence-corrected chi connectivity index (χ1v) is 6.14. The predicted molar refractivity (Wildman–Crippen MR) is 72.9 cm³/mol. The van der Waals surface area contributed by atoms with Crippen molar-refractivity contribution in [3.05, 3.63) is 34.4 Å². The minimum Gasteiger partial charge on any atom is -0.480 e. The number of carboxylic acids is 1. The van der Waals surface area contributed by atoms with Gasteiger partial charge < -0.3 is 21.1 Å². The van der Waals surface area contributed by atoms with Gasteiger partial charge in [-0.1, -0.05) is 6.07 Å². The van der Waals surface area contributed by atoms with Crippen LogP contribution >= 0.6 is 0 Å². The van der Waals surface area contributed by atoms with Crippen molar-refractivity contribution in [3.63, 3.8) is 0 Å². The number of anilines is 1. The summed E-state index contributed by atoms with van der Waals surface area (Å²) in [5, 5.41) is 22.1. The van der Waals surface area contributed by atoms with E-state index < -0.39 is 22.5 Å². The Morgan fingerprint density at radius 1 is 1.48 bits per heavy atom. The molecule has 21 heavy (non-hydrogen) atoms. The van der Waals surface area contributed by atoms with Crippen LogP contribution in [0.25, 0.3) is 0 Å². The maximum Gasteiger partial charge on any atom is 0.325 e. The molecule has 0 aliphatic carbocycles. The summed E-state index contributed by atoms with van der Waals surface area (Å²) in [7, 11) is 0. The molecular formula is C12H14N4O5. The Morgan fingerprint density at radius 2 is 2.19 bits per heavy atom. The van der Waals surface area contributed by atoms with Gasteiger partial charge in [0.1, 0.15) is 5.54 Å². The van der Waals surface area contributed by atoms with Crippen molar-refractivity contribution in [1.82, 2.24) is 4.90 Å². The van der Waals surface area contributed by atoms with E-state index in [1.54, 1.807) is 0 Å². The summed E-state index contributed by atoms with van der Waals surface area (Å²) < 4.78 is 0. The predicted octanol–water partition coefficient (Wildman–Crippen LogP) is 0.614. The molecule has 1 aliphatic heterocycles. The number of nitro benzene ring substituents is 1. The van der Waals surface area contributed by atoms with Gasteiger partial charge in [-0.15, -0.1) is 0 Å². The monoisotopic (exact) mass is 294 g/mol. The Hall–Kier alpha value is -2.68. The molecule has 1 unspecified atom stereocenters. The molecule has 1 heterocycles. The minimum atomic E-state index is -1.44. The highest BCUT2D eigenvalue weighted by atomic mass is 16.6. The maximum atomic E-state index is 12.0.